The predicted octanol–water partition coefficient (Wildman–Crippen LogP) is 3.50. The number of hydrogen-bond donors (Lipinski definition) is 2. The van der Waals surface area contributed by atoms with Crippen molar-refractivity contribution in [3.8, 4) is 0 Å². The third-order valence-corrected chi connectivity index (χ3v) is 6.18. The molecule has 0 atom stereocenters. The molecule has 0 aliphatic rings. The number of thiazole rings is 1. The van der Waals surface area contributed by atoms with Gasteiger partial charge in [0.15, 0.2) is 5.13 Å². The minimum Gasteiger partial charge on any atom is -0.306 e. The van der Waals surface area contributed by atoms with Crippen LogP contribution in [0.25, 0.3) is 16.7 Å². The number of carbonyl (C=O) groups excluding carboxylic acids is 1. The van der Waals surface area contributed by atoms with Crippen molar-refractivity contribution in [2.24, 2.45) is 0 Å². The summed E-state index contributed by atoms with van der Waals surface area (Å²) in [5, 5.41) is 14.0. The molecule has 5 aromatic rings. The second-order valence-electron chi connectivity index (χ2n) is 7.81. The number of hydrogen-bond acceptors (Lipinski definition) is 6. The molecule has 0 spiro atoms. The van der Waals surface area contributed by atoms with E-state index in [1.807, 2.05) is 44.2 Å². The van der Waals surface area contributed by atoms with E-state index in [0.717, 1.165) is 16.7 Å². The fourth-order valence-electron chi connectivity index (χ4n) is 3.75. The smallest absolute Gasteiger partial charge is 0.267 e. The average molecular weight is 457 g/mol. The number of pyridine rings is 2. The Morgan fingerprint density at radius 1 is 1.15 bits per heavy atom. The van der Waals surface area contributed by atoms with Gasteiger partial charge in [0.1, 0.15) is 16.8 Å². The molecule has 0 aliphatic carbocycles. The number of aryl methyl sites for hydroxylation is 2. The molecule has 0 fully saturated rings. The summed E-state index contributed by atoms with van der Waals surface area (Å²) in [7, 11) is 0. The lowest BCUT2D eigenvalue weighted by atomic mass is 10.1. The van der Waals surface area contributed by atoms with E-state index >= 15 is 0 Å². The number of aromatic nitrogens is 4. The average Bonchev–Trinajstić information content (AvgIpc) is 3.31. The first kappa shape index (κ1) is 20.8. The third-order valence-electron chi connectivity index (χ3n) is 5.49. The van der Waals surface area contributed by atoms with Gasteiger partial charge in [-0.1, -0.05) is 35.9 Å². The van der Waals surface area contributed by atoms with Crippen LogP contribution in [0.15, 0.2) is 65.0 Å². The molecule has 9 heteroatoms. The molecular weight excluding hydrogens is 436 g/mol. The lowest BCUT2D eigenvalue weighted by Gasteiger charge is -2.15. The number of benzene rings is 1. The lowest BCUT2D eigenvalue weighted by Crippen LogP contribution is -2.32. The molecule has 8 nitrogen and oxygen atoms in total. The van der Waals surface area contributed by atoms with Gasteiger partial charge in [-0.3, -0.25) is 24.7 Å². The van der Waals surface area contributed by atoms with Gasteiger partial charge >= 0.3 is 0 Å². The van der Waals surface area contributed by atoms with Crippen LogP contribution >= 0.6 is 11.3 Å². The Hall–Kier alpha value is -4.11. The molecule has 164 valence electrons. The standard InChI is InChI=1S/C24H20N6O2S/c1-14-5-7-16(8-6-14)13-30-19(25)17(22(31)28-24-26-9-11-33-24)12-18-21(30)27-20-15(2)4-3-10-29(20)23(18)32/h3-12,25H,13H2,1-2H3,(H,26,28,31). The largest absolute Gasteiger partial charge is 0.306 e. The molecule has 2 N–H and O–H groups in total. The number of anilines is 1. The zero-order valence-corrected chi connectivity index (χ0v) is 18.8. The fraction of sp³-hybridized carbons (Fsp3) is 0.125. The zero-order chi connectivity index (χ0) is 23.1. The maximum Gasteiger partial charge on any atom is 0.267 e. The summed E-state index contributed by atoms with van der Waals surface area (Å²) in [6.07, 6.45) is 3.25. The van der Waals surface area contributed by atoms with Gasteiger partial charge in [0.2, 0.25) is 0 Å². The molecule has 0 unspecified atom stereocenters. The molecule has 0 bridgehead atoms. The Balaban J connectivity index is 1.78. The lowest BCUT2D eigenvalue weighted by molar-refractivity contribution is 0.102. The van der Waals surface area contributed by atoms with E-state index in [0.29, 0.717) is 23.0 Å². The summed E-state index contributed by atoms with van der Waals surface area (Å²) in [4.78, 5) is 35.3. The molecule has 4 heterocycles. The van der Waals surface area contributed by atoms with E-state index in [1.54, 1.807) is 28.4 Å². The second-order valence-corrected chi connectivity index (χ2v) is 8.70. The van der Waals surface area contributed by atoms with Gasteiger partial charge in [-0.05, 0) is 37.1 Å². The topological polar surface area (TPSA) is 105 Å². The predicted molar refractivity (Wildman–Crippen MR) is 128 cm³/mol. The Labute approximate surface area is 192 Å². The summed E-state index contributed by atoms with van der Waals surface area (Å²) < 4.78 is 3.09. The first-order valence-electron chi connectivity index (χ1n) is 10.3. The Morgan fingerprint density at radius 2 is 1.94 bits per heavy atom. The summed E-state index contributed by atoms with van der Waals surface area (Å²) >= 11 is 1.28. The van der Waals surface area contributed by atoms with Crippen molar-refractivity contribution in [3.05, 3.63) is 98.3 Å². The van der Waals surface area contributed by atoms with Crippen molar-refractivity contribution < 1.29 is 4.79 Å². The van der Waals surface area contributed by atoms with Crippen LogP contribution in [0.5, 0.6) is 0 Å². The monoisotopic (exact) mass is 456 g/mol. The molecule has 33 heavy (non-hydrogen) atoms. The number of rotatable bonds is 4. The molecule has 4 aromatic heterocycles. The number of amides is 1. The summed E-state index contributed by atoms with van der Waals surface area (Å²) in [6, 6.07) is 13.0. The highest BCUT2D eigenvalue weighted by atomic mass is 32.1. The highest BCUT2D eigenvalue weighted by molar-refractivity contribution is 7.13. The zero-order valence-electron chi connectivity index (χ0n) is 18.0. The van der Waals surface area contributed by atoms with Crippen molar-refractivity contribution in [2.75, 3.05) is 5.32 Å². The first-order valence-corrected chi connectivity index (χ1v) is 11.2. The van der Waals surface area contributed by atoms with E-state index in [2.05, 4.69) is 10.3 Å². The Bertz CT molecular complexity index is 1630. The highest BCUT2D eigenvalue weighted by Gasteiger charge is 2.19. The fourth-order valence-corrected chi connectivity index (χ4v) is 4.27. The molecule has 0 saturated heterocycles. The van der Waals surface area contributed by atoms with E-state index in [-0.39, 0.29) is 22.0 Å². The number of fused-ring (bicyclic) bond motifs is 2. The number of carbonyl (C=O) groups is 1. The van der Waals surface area contributed by atoms with Gasteiger partial charge in [-0.2, -0.15) is 0 Å². The van der Waals surface area contributed by atoms with Crippen LogP contribution in [0.2, 0.25) is 0 Å². The quantitative estimate of drug-likeness (QED) is 0.404. The Kier molecular flexibility index (Phi) is 5.10. The van der Waals surface area contributed by atoms with Crippen LogP contribution in [0, 0.1) is 19.3 Å². The maximum atomic E-state index is 13.4. The van der Waals surface area contributed by atoms with E-state index in [1.165, 1.54) is 21.8 Å². The molecule has 0 radical (unpaired) electrons. The summed E-state index contributed by atoms with van der Waals surface area (Å²) in [5.74, 6) is -0.497. The van der Waals surface area contributed by atoms with Crippen LogP contribution in [-0.4, -0.2) is 24.8 Å². The van der Waals surface area contributed by atoms with Crippen LogP contribution in [-0.2, 0) is 6.54 Å². The van der Waals surface area contributed by atoms with E-state index in [4.69, 9.17) is 10.4 Å². The van der Waals surface area contributed by atoms with Crippen molar-refractivity contribution in [2.45, 2.75) is 20.4 Å². The molecule has 0 aliphatic heterocycles. The van der Waals surface area contributed by atoms with E-state index < -0.39 is 5.91 Å². The SMILES string of the molecule is Cc1ccc(Cn2c(=N)c(C(=O)Nc3nccs3)cc3c(=O)n4cccc(C)c4nc32)cc1. The molecule has 1 aromatic carbocycles. The van der Waals surface area contributed by atoms with Gasteiger partial charge in [0.05, 0.1) is 17.5 Å². The summed E-state index contributed by atoms with van der Waals surface area (Å²) in [5.41, 5.74) is 3.55. The molecule has 0 saturated carbocycles. The van der Waals surface area contributed by atoms with Crippen molar-refractivity contribution in [1.82, 2.24) is 18.9 Å². The minimum absolute atomic E-state index is 0.0260. The normalized spacial score (nSPS) is 11.2. The van der Waals surface area contributed by atoms with Crippen LogP contribution in [0.3, 0.4) is 0 Å². The van der Waals surface area contributed by atoms with Crippen molar-refractivity contribution in [1.29, 1.82) is 5.41 Å². The first-order chi connectivity index (χ1) is 15.9. The van der Waals surface area contributed by atoms with Gasteiger partial charge < -0.3 is 4.57 Å². The summed E-state index contributed by atoms with van der Waals surface area (Å²) in [6.45, 7) is 4.18. The highest BCUT2D eigenvalue weighted by Crippen LogP contribution is 2.16. The molecular formula is C24H20N6O2S. The number of nitrogens with one attached hydrogen (secondary N) is 2. The van der Waals surface area contributed by atoms with Gasteiger partial charge in [0.25, 0.3) is 11.5 Å². The van der Waals surface area contributed by atoms with Crippen LogP contribution < -0.4 is 16.4 Å². The second kappa shape index (κ2) is 8.10. The van der Waals surface area contributed by atoms with Crippen molar-refractivity contribution >= 4 is 39.1 Å². The minimum atomic E-state index is -0.497. The Morgan fingerprint density at radius 3 is 2.67 bits per heavy atom. The van der Waals surface area contributed by atoms with Crippen LogP contribution in [0.4, 0.5) is 5.13 Å². The number of nitrogens with zero attached hydrogens (tertiary/aromatic N) is 4. The van der Waals surface area contributed by atoms with E-state index in [9.17, 15) is 9.59 Å². The van der Waals surface area contributed by atoms with Crippen LogP contribution in [0.1, 0.15) is 27.0 Å². The van der Waals surface area contributed by atoms with Crippen molar-refractivity contribution in [3.63, 3.8) is 0 Å². The third kappa shape index (κ3) is 3.72. The van der Waals surface area contributed by atoms with Gasteiger partial charge in [0, 0.05) is 17.8 Å². The van der Waals surface area contributed by atoms with Gasteiger partial charge in [-0.15, -0.1) is 11.3 Å². The maximum absolute atomic E-state index is 13.4. The van der Waals surface area contributed by atoms with Gasteiger partial charge in [-0.25, -0.2) is 9.97 Å². The molecule has 5 rings (SSSR count). The molecule has 1 amide bonds.